The molecule has 180 valence electrons. The standard InChI is InChI=1S/C23H33N7O2.HI/c1-3-24-23(29-11-12-30(22(31)17-29)19-15-27-28(2)16-19)26-14-18-9-10-25-21(13-18)32-20-7-5-4-6-8-20;/h9-10,13,15-16,20H,3-8,11-12,14,17H2,1-2H3,(H,24,26);1H. The van der Waals surface area contributed by atoms with Crippen LogP contribution in [0.4, 0.5) is 5.69 Å². The van der Waals surface area contributed by atoms with Crippen molar-refractivity contribution in [2.75, 3.05) is 31.1 Å². The first-order chi connectivity index (χ1) is 15.6. The van der Waals surface area contributed by atoms with E-state index >= 15 is 0 Å². The van der Waals surface area contributed by atoms with Crippen LogP contribution in [0, 0.1) is 0 Å². The van der Waals surface area contributed by atoms with Crippen LogP contribution in [-0.4, -0.2) is 63.8 Å². The number of guanidine groups is 1. The van der Waals surface area contributed by atoms with Crippen molar-refractivity contribution < 1.29 is 9.53 Å². The van der Waals surface area contributed by atoms with Gasteiger partial charge in [-0.2, -0.15) is 5.10 Å². The maximum atomic E-state index is 12.8. The summed E-state index contributed by atoms with van der Waals surface area (Å²) in [5, 5.41) is 7.50. The molecule has 4 rings (SSSR count). The van der Waals surface area contributed by atoms with Crippen LogP contribution < -0.4 is 15.0 Å². The molecule has 1 N–H and O–H groups in total. The number of halogens is 1. The first-order valence-electron chi connectivity index (χ1n) is 11.6. The number of pyridine rings is 1. The van der Waals surface area contributed by atoms with Gasteiger partial charge in [0, 0.05) is 45.1 Å². The van der Waals surface area contributed by atoms with Gasteiger partial charge in [0.2, 0.25) is 11.8 Å². The number of ether oxygens (including phenoxy) is 1. The molecule has 1 amide bonds. The number of carbonyl (C=O) groups is 1. The van der Waals surface area contributed by atoms with Gasteiger partial charge in [0.05, 0.1) is 18.4 Å². The van der Waals surface area contributed by atoms with Crippen LogP contribution in [0.15, 0.2) is 35.7 Å². The molecule has 0 radical (unpaired) electrons. The van der Waals surface area contributed by atoms with Gasteiger partial charge in [-0.1, -0.05) is 6.42 Å². The Labute approximate surface area is 212 Å². The van der Waals surface area contributed by atoms with Crippen LogP contribution in [0.1, 0.15) is 44.6 Å². The zero-order valence-electron chi connectivity index (χ0n) is 19.4. The summed E-state index contributed by atoms with van der Waals surface area (Å²) in [4.78, 5) is 25.7. The predicted molar refractivity (Wildman–Crippen MR) is 139 cm³/mol. The molecule has 1 aliphatic heterocycles. The highest BCUT2D eigenvalue weighted by Crippen LogP contribution is 2.23. The Balaban J connectivity index is 0.00000306. The second kappa shape index (κ2) is 12.2. The molecule has 2 fully saturated rings. The Morgan fingerprint density at radius 1 is 1.27 bits per heavy atom. The molecule has 10 heteroatoms. The van der Waals surface area contributed by atoms with Crippen molar-refractivity contribution in [1.82, 2.24) is 25.0 Å². The van der Waals surface area contributed by atoms with E-state index in [1.807, 2.05) is 37.2 Å². The third-order valence-corrected chi connectivity index (χ3v) is 5.91. The van der Waals surface area contributed by atoms with Crippen molar-refractivity contribution in [3.8, 4) is 5.88 Å². The molecule has 2 aliphatic rings. The molecule has 0 unspecified atom stereocenters. The molecule has 0 spiro atoms. The van der Waals surface area contributed by atoms with Crippen molar-refractivity contribution in [1.29, 1.82) is 0 Å². The summed E-state index contributed by atoms with van der Waals surface area (Å²) in [5.74, 6) is 1.47. The van der Waals surface area contributed by atoms with Crippen LogP contribution in [0.25, 0.3) is 0 Å². The number of anilines is 1. The first-order valence-corrected chi connectivity index (χ1v) is 11.6. The van der Waals surface area contributed by atoms with E-state index in [1.165, 1.54) is 19.3 Å². The summed E-state index contributed by atoms with van der Waals surface area (Å²) < 4.78 is 7.80. The number of hydrogen-bond acceptors (Lipinski definition) is 5. The fourth-order valence-corrected chi connectivity index (χ4v) is 4.23. The monoisotopic (exact) mass is 567 g/mol. The minimum Gasteiger partial charge on any atom is -0.474 e. The number of rotatable bonds is 6. The average Bonchev–Trinajstić information content (AvgIpc) is 3.23. The van der Waals surface area contributed by atoms with E-state index < -0.39 is 0 Å². The van der Waals surface area contributed by atoms with Gasteiger partial charge in [-0.05, 0) is 44.2 Å². The minimum atomic E-state index is 0. The highest BCUT2D eigenvalue weighted by molar-refractivity contribution is 14.0. The number of piperazine rings is 1. The molecule has 3 heterocycles. The summed E-state index contributed by atoms with van der Waals surface area (Å²) in [5.41, 5.74) is 1.88. The van der Waals surface area contributed by atoms with Crippen LogP contribution in [0.3, 0.4) is 0 Å². The molecule has 0 aromatic carbocycles. The van der Waals surface area contributed by atoms with Gasteiger partial charge >= 0.3 is 0 Å². The average molecular weight is 567 g/mol. The van der Waals surface area contributed by atoms with Crippen molar-refractivity contribution in [3.05, 3.63) is 36.3 Å². The molecular formula is C23H34IN7O2. The van der Waals surface area contributed by atoms with Gasteiger partial charge in [0.1, 0.15) is 12.6 Å². The van der Waals surface area contributed by atoms with Gasteiger partial charge in [-0.3, -0.25) is 9.48 Å². The van der Waals surface area contributed by atoms with Crippen LogP contribution in [0.5, 0.6) is 5.88 Å². The second-order valence-electron chi connectivity index (χ2n) is 8.39. The smallest absolute Gasteiger partial charge is 0.246 e. The molecule has 33 heavy (non-hydrogen) atoms. The lowest BCUT2D eigenvalue weighted by Crippen LogP contribution is -2.55. The maximum absolute atomic E-state index is 12.8. The predicted octanol–water partition coefficient (Wildman–Crippen LogP) is 2.96. The van der Waals surface area contributed by atoms with E-state index in [2.05, 4.69) is 15.4 Å². The Morgan fingerprint density at radius 2 is 2.09 bits per heavy atom. The quantitative estimate of drug-likeness (QED) is 0.328. The van der Waals surface area contributed by atoms with Gasteiger partial charge in [-0.25, -0.2) is 9.98 Å². The lowest BCUT2D eigenvalue weighted by atomic mass is 9.98. The molecule has 2 aromatic rings. The Hall–Kier alpha value is -2.37. The summed E-state index contributed by atoms with van der Waals surface area (Å²) in [6.07, 6.45) is 11.6. The van der Waals surface area contributed by atoms with Crippen LogP contribution >= 0.6 is 24.0 Å². The SMILES string of the molecule is CCNC(=NCc1ccnc(OC2CCCCC2)c1)N1CCN(c2cnn(C)c2)C(=O)C1.I. The fourth-order valence-electron chi connectivity index (χ4n) is 4.23. The number of carbonyl (C=O) groups excluding carboxylic acids is 1. The summed E-state index contributed by atoms with van der Waals surface area (Å²) in [6.45, 7) is 4.87. The van der Waals surface area contributed by atoms with E-state index in [-0.39, 0.29) is 42.5 Å². The van der Waals surface area contributed by atoms with E-state index in [0.29, 0.717) is 25.5 Å². The van der Waals surface area contributed by atoms with E-state index in [0.717, 1.165) is 36.6 Å². The van der Waals surface area contributed by atoms with Crippen molar-refractivity contribution >= 4 is 41.5 Å². The second-order valence-corrected chi connectivity index (χ2v) is 8.39. The molecule has 0 bridgehead atoms. The largest absolute Gasteiger partial charge is 0.474 e. The molecule has 1 saturated carbocycles. The number of nitrogens with zero attached hydrogens (tertiary/aromatic N) is 6. The van der Waals surface area contributed by atoms with E-state index in [1.54, 1.807) is 22.0 Å². The van der Waals surface area contributed by atoms with E-state index in [4.69, 9.17) is 9.73 Å². The molecule has 1 aliphatic carbocycles. The number of amides is 1. The van der Waals surface area contributed by atoms with Crippen molar-refractivity contribution in [2.45, 2.75) is 51.7 Å². The third kappa shape index (κ3) is 6.81. The highest BCUT2D eigenvalue weighted by atomic mass is 127. The number of aliphatic imine (C=N–C) groups is 1. The Kier molecular flexibility index (Phi) is 9.33. The van der Waals surface area contributed by atoms with Gasteiger partial charge in [-0.15, -0.1) is 24.0 Å². The minimum absolute atomic E-state index is 0. The number of nitrogens with one attached hydrogen (secondary N) is 1. The maximum Gasteiger partial charge on any atom is 0.246 e. The summed E-state index contributed by atoms with van der Waals surface area (Å²) in [7, 11) is 1.85. The molecular weight excluding hydrogens is 533 g/mol. The van der Waals surface area contributed by atoms with Gasteiger partial charge in [0.15, 0.2) is 5.96 Å². The lowest BCUT2D eigenvalue weighted by molar-refractivity contribution is -0.120. The fraction of sp³-hybridized carbons (Fsp3) is 0.565. The first kappa shape index (κ1) is 25.3. The Morgan fingerprint density at radius 3 is 2.79 bits per heavy atom. The lowest BCUT2D eigenvalue weighted by Gasteiger charge is -2.35. The zero-order chi connectivity index (χ0) is 22.3. The molecule has 2 aromatic heterocycles. The third-order valence-electron chi connectivity index (χ3n) is 5.91. The molecule has 1 saturated heterocycles. The summed E-state index contributed by atoms with van der Waals surface area (Å²) in [6, 6.07) is 3.94. The van der Waals surface area contributed by atoms with Crippen LogP contribution in [-0.2, 0) is 18.4 Å². The van der Waals surface area contributed by atoms with Gasteiger partial charge < -0.3 is 19.9 Å². The number of hydrogen-bond donors (Lipinski definition) is 1. The van der Waals surface area contributed by atoms with Crippen molar-refractivity contribution in [3.63, 3.8) is 0 Å². The molecule has 0 atom stereocenters. The Bertz CT molecular complexity index is 942. The van der Waals surface area contributed by atoms with Gasteiger partial charge in [0.25, 0.3) is 0 Å². The van der Waals surface area contributed by atoms with E-state index in [9.17, 15) is 4.79 Å². The zero-order valence-corrected chi connectivity index (χ0v) is 21.8. The van der Waals surface area contributed by atoms with Crippen molar-refractivity contribution in [2.24, 2.45) is 12.0 Å². The summed E-state index contributed by atoms with van der Waals surface area (Å²) >= 11 is 0. The highest BCUT2D eigenvalue weighted by Gasteiger charge is 2.27. The van der Waals surface area contributed by atoms with Crippen LogP contribution in [0.2, 0.25) is 0 Å². The number of aryl methyl sites for hydroxylation is 1. The normalized spacial score (nSPS) is 17.6. The topological polar surface area (TPSA) is 87.9 Å². The molecule has 9 nitrogen and oxygen atoms in total. The number of aromatic nitrogens is 3.